The zero-order valence-corrected chi connectivity index (χ0v) is 17.8. The summed E-state index contributed by atoms with van der Waals surface area (Å²) < 4.78 is 8.16. The zero-order chi connectivity index (χ0) is 22.0. The van der Waals surface area contributed by atoms with E-state index in [9.17, 15) is 9.59 Å². The summed E-state index contributed by atoms with van der Waals surface area (Å²) >= 11 is 12.5. The van der Waals surface area contributed by atoms with Gasteiger partial charge >= 0.3 is 0 Å². The van der Waals surface area contributed by atoms with Crippen LogP contribution >= 0.6 is 23.2 Å². The zero-order valence-electron chi connectivity index (χ0n) is 16.3. The van der Waals surface area contributed by atoms with Crippen molar-refractivity contribution < 1.29 is 14.3 Å². The first kappa shape index (κ1) is 21.2. The molecule has 0 spiro atoms. The number of carbonyl (C=O) groups is 2. The molecule has 3 heterocycles. The molecular formula is C19H19Cl2N7O3. The summed E-state index contributed by atoms with van der Waals surface area (Å²) in [5, 5.41) is 12.2. The van der Waals surface area contributed by atoms with Crippen LogP contribution in [-0.2, 0) is 16.1 Å². The first-order valence-corrected chi connectivity index (χ1v) is 10.2. The molecule has 0 atom stereocenters. The molecule has 0 bridgehead atoms. The molecule has 1 aliphatic rings. The number of hydrogen-bond acceptors (Lipinski definition) is 6. The molecule has 0 aliphatic carbocycles. The number of amides is 2. The number of hydrogen-bond donors (Lipinski definition) is 2. The Morgan fingerprint density at radius 2 is 1.87 bits per heavy atom. The number of aromatic nitrogens is 4. The van der Waals surface area contributed by atoms with E-state index in [2.05, 4.69) is 15.5 Å². The smallest absolute Gasteiger partial charge is 0.271 e. The molecule has 2 amide bonds. The van der Waals surface area contributed by atoms with Gasteiger partial charge in [0.1, 0.15) is 12.2 Å². The topological polar surface area (TPSA) is 120 Å². The van der Waals surface area contributed by atoms with Crippen LogP contribution in [0.1, 0.15) is 10.5 Å². The number of para-hydroxylation sites is 1. The number of benzene rings is 1. The van der Waals surface area contributed by atoms with Crippen LogP contribution in [0.4, 0.5) is 11.4 Å². The van der Waals surface area contributed by atoms with Gasteiger partial charge in [0.2, 0.25) is 5.91 Å². The van der Waals surface area contributed by atoms with Gasteiger partial charge in [-0.1, -0.05) is 29.3 Å². The van der Waals surface area contributed by atoms with Crippen LogP contribution in [0.5, 0.6) is 0 Å². The molecule has 0 saturated carbocycles. The molecule has 12 heteroatoms. The summed E-state index contributed by atoms with van der Waals surface area (Å²) in [6.45, 7) is 2.30. The fraction of sp³-hybridized carbons (Fsp3) is 0.263. The van der Waals surface area contributed by atoms with Crippen molar-refractivity contribution in [2.45, 2.75) is 6.54 Å². The largest absolute Gasteiger partial charge is 0.378 e. The second-order valence-electron chi connectivity index (χ2n) is 6.82. The molecule has 0 radical (unpaired) electrons. The third-order valence-corrected chi connectivity index (χ3v) is 5.30. The molecule has 3 N–H and O–H groups in total. The number of nitrogens with one attached hydrogen (secondary N) is 1. The van der Waals surface area contributed by atoms with E-state index in [1.54, 1.807) is 35.5 Å². The van der Waals surface area contributed by atoms with Gasteiger partial charge in [-0.05, 0) is 12.1 Å². The van der Waals surface area contributed by atoms with Gasteiger partial charge in [-0.15, -0.1) is 0 Å². The molecule has 2 aromatic heterocycles. The lowest BCUT2D eigenvalue weighted by Gasteiger charge is -2.26. The highest BCUT2D eigenvalue weighted by Gasteiger charge is 2.20. The van der Waals surface area contributed by atoms with Gasteiger partial charge in [0.15, 0.2) is 5.69 Å². The Morgan fingerprint density at radius 1 is 1.16 bits per heavy atom. The molecule has 3 aromatic rings. The van der Waals surface area contributed by atoms with Crippen LogP contribution in [-0.4, -0.2) is 62.6 Å². The first-order chi connectivity index (χ1) is 14.9. The van der Waals surface area contributed by atoms with Gasteiger partial charge in [0, 0.05) is 19.3 Å². The van der Waals surface area contributed by atoms with Gasteiger partial charge in [-0.25, -0.2) is 4.68 Å². The molecule has 1 aromatic carbocycles. The molecule has 10 nitrogen and oxygen atoms in total. The van der Waals surface area contributed by atoms with Gasteiger partial charge in [-0.3, -0.25) is 14.3 Å². The van der Waals surface area contributed by atoms with E-state index in [1.807, 2.05) is 0 Å². The number of nitrogens with zero attached hydrogens (tertiary/aromatic N) is 5. The van der Waals surface area contributed by atoms with Crippen LogP contribution in [0.2, 0.25) is 10.0 Å². The number of carbonyl (C=O) groups excluding carboxylic acids is 2. The SMILES string of the molecule is NC(=O)c1nn(-c2c(Cl)cccc2Cl)cc1Nc1cnn(CC(=O)N2CCOCC2)c1. The minimum absolute atomic E-state index is 0.00753. The van der Waals surface area contributed by atoms with Crippen molar-refractivity contribution in [1.82, 2.24) is 24.5 Å². The summed E-state index contributed by atoms with van der Waals surface area (Å²) in [6, 6.07) is 5.03. The standard InChI is InChI=1S/C19H19Cl2N7O3/c20-13-2-1-3-14(21)18(13)28-10-15(17(25-28)19(22)30)24-12-8-23-27(9-12)11-16(29)26-4-6-31-7-5-26/h1-3,8-10,24H,4-7,11H2,(H2,22,30). The maximum absolute atomic E-state index is 12.4. The summed E-state index contributed by atoms with van der Waals surface area (Å²) in [7, 11) is 0. The highest BCUT2D eigenvalue weighted by atomic mass is 35.5. The molecule has 1 fully saturated rings. The van der Waals surface area contributed by atoms with Crippen molar-refractivity contribution in [1.29, 1.82) is 0 Å². The highest BCUT2D eigenvalue weighted by molar-refractivity contribution is 6.37. The molecule has 162 valence electrons. The van der Waals surface area contributed by atoms with E-state index >= 15 is 0 Å². The predicted octanol–water partition coefficient (Wildman–Crippen LogP) is 2.08. The normalized spacial score (nSPS) is 13.9. The van der Waals surface area contributed by atoms with Crippen molar-refractivity contribution in [2.24, 2.45) is 5.73 Å². The fourth-order valence-electron chi connectivity index (χ4n) is 3.19. The lowest BCUT2D eigenvalue weighted by molar-refractivity contribution is -0.136. The average Bonchev–Trinajstić information content (AvgIpc) is 3.36. The molecule has 31 heavy (non-hydrogen) atoms. The van der Waals surface area contributed by atoms with Crippen LogP contribution < -0.4 is 11.1 Å². The Kier molecular flexibility index (Phi) is 6.12. The number of morpholine rings is 1. The van der Waals surface area contributed by atoms with Crippen LogP contribution in [0.25, 0.3) is 5.69 Å². The second-order valence-corrected chi connectivity index (χ2v) is 7.63. The lowest BCUT2D eigenvalue weighted by atomic mass is 10.3. The molecule has 4 rings (SSSR count). The van der Waals surface area contributed by atoms with Gasteiger partial charge in [0.25, 0.3) is 5.91 Å². The highest BCUT2D eigenvalue weighted by Crippen LogP contribution is 2.30. The van der Waals surface area contributed by atoms with Crippen LogP contribution in [0.3, 0.4) is 0 Å². The second kappa shape index (κ2) is 8.96. The third-order valence-electron chi connectivity index (χ3n) is 4.69. The number of ether oxygens (including phenoxy) is 1. The van der Waals surface area contributed by atoms with E-state index in [4.69, 9.17) is 33.7 Å². The number of nitrogens with two attached hydrogens (primary N) is 1. The Hall–Kier alpha value is -3.08. The molecular weight excluding hydrogens is 445 g/mol. The van der Waals surface area contributed by atoms with Crippen molar-refractivity contribution in [3.8, 4) is 5.69 Å². The van der Waals surface area contributed by atoms with E-state index < -0.39 is 5.91 Å². The van der Waals surface area contributed by atoms with Gasteiger partial charge in [-0.2, -0.15) is 10.2 Å². The monoisotopic (exact) mass is 463 g/mol. The minimum Gasteiger partial charge on any atom is -0.378 e. The Labute approximate surface area is 187 Å². The quantitative estimate of drug-likeness (QED) is 0.577. The van der Waals surface area contributed by atoms with E-state index in [1.165, 1.54) is 15.6 Å². The number of primary amides is 1. The average molecular weight is 464 g/mol. The third kappa shape index (κ3) is 4.66. The van der Waals surface area contributed by atoms with Crippen molar-refractivity contribution in [2.75, 3.05) is 31.6 Å². The van der Waals surface area contributed by atoms with Crippen LogP contribution in [0.15, 0.2) is 36.8 Å². The Morgan fingerprint density at radius 3 is 2.55 bits per heavy atom. The lowest BCUT2D eigenvalue weighted by Crippen LogP contribution is -2.42. The van der Waals surface area contributed by atoms with Gasteiger partial charge < -0.3 is 20.7 Å². The van der Waals surface area contributed by atoms with E-state index in [0.717, 1.165) is 0 Å². The maximum atomic E-state index is 12.4. The number of halogens is 2. The molecule has 0 unspecified atom stereocenters. The van der Waals surface area contributed by atoms with E-state index in [0.29, 0.717) is 53.4 Å². The van der Waals surface area contributed by atoms with Crippen LogP contribution in [0, 0.1) is 0 Å². The summed E-state index contributed by atoms with van der Waals surface area (Å²) in [6.07, 6.45) is 4.75. The van der Waals surface area contributed by atoms with Crippen molar-refractivity contribution >= 4 is 46.4 Å². The Bertz CT molecular complexity index is 1100. The van der Waals surface area contributed by atoms with E-state index in [-0.39, 0.29) is 18.1 Å². The first-order valence-electron chi connectivity index (χ1n) is 9.41. The predicted molar refractivity (Wildman–Crippen MR) is 115 cm³/mol. The molecule has 1 saturated heterocycles. The fourth-order valence-corrected chi connectivity index (χ4v) is 3.76. The van der Waals surface area contributed by atoms with Crippen molar-refractivity contribution in [3.05, 3.63) is 52.5 Å². The summed E-state index contributed by atoms with van der Waals surface area (Å²) in [4.78, 5) is 26.0. The maximum Gasteiger partial charge on any atom is 0.271 e. The van der Waals surface area contributed by atoms with Crippen molar-refractivity contribution in [3.63, 3.8) is 0 Å². The van der Waals surface area contributed by atoms with Gasteiger partial charge in [0.05, 0.1) is 47.0 Å². The summed E-state index contributed by atoms with van der Waals surface area (Å²) in [5.41, 5.74) is 6.83. The number of rotatable bonds is 6. The minimum atomic E-state index is -0.723. The summed E-state index contributed by atoms with van der Waals surface area (Å²) in [5.74, 6) is -0.767. The Balaban J connectivity index is 1.54. The number of anilines is 2. The molecule has 1 aliphatic heterocycles.